The highest BCUT2D eigenvalue weighted by molar-refractivity contribution is 6.30. The monoisotopic (exact) mass is 186 g/mol. The lowest BCUT2D eigenvalue weighted by Gasteiger charge is -1.97. The molecular weight excluding hydrogens is 181 g/mol. The van der Waals surface area contributed by atoms with Crippen LogP contribution in [0.3, 0.4) is 0 Å². The van der Waals surface area contributed by atoms with Crippen LogP contribution in [-0.4, -0.2) is 5.91 Å². The van der Waals surface area contributed by atoms with Crippen molar-refractivity contribution in [3.63, 3.8) is 0 Å². The summed E-state index contributed by atoms with van der Waals surface area (Å²) in [6.07, 6.45) is 1.11. The van der Waals surface area contributed by atoms with E-state index in [2.05, 4.69) is 0 Å². The topological polar surface area (TPSA) is 43.1 Å². The number of hydrogen-bond donors (Lipinski definition) is 1. The summed E-state index contributed by atoms with van der Waals surface area (Å²) < 4.78 is 12.6. The fourth-order valence-electron chi connectivity index (χ4n) is 0.823. The molecule has 0 aliphatic carbocycles. The Hall–Kier alpha value is -1.09. The molecule has 0 saturated heterocycles. The van der Waals surface area contributed by atoms with E-state index in [1.165, 1.54) is 12.1 Å². The van der Waals surface area contributed by atoms with Crippen molar-refractivity contribution in [3.05, 3.63) is 41.0 Å². The summed E-state index contributed by atoms with van der Waals surface area (Å²) >= 11 is 5.52. The van der Waals surface area contributed by atoms with Crippen LogP contribution in [0, 0.1) is 12.2 Å². The van der Waals surface area contributed by atoms with Gasteiger partial charge in [0, 0.05) is 5.02 Å². The lowest BCUT2D eigenvalue weighted by atomic mass is 10.1. The maximum atomic E-state index is 12.6. The summed E-state index contributed by atoms with van der Waals surface area (Å²) in [4.78, 5) is 10.4. The minimum absolute atomic E-state index is 0.238. The van der Waals surface area contributed by atoms with Crippen molar-refractivity contribution >= 4 is 17.5 Å². The Kier molecular flexibility index (Phi) is 2.65. The van der Waals surface area contributed by atoms with Crippen LogP contribution < -0.4 is 5.73 Å². The molecule has 0 heterocycles. The molecule has 0 saturated carbocycles. The summed E-state index contributed by atoms with van der Waals surface area (Å²) in [6, 6.07) is 3.78. The average molecular weight is 187 g/mol. The van der Waals surface area contributed by atoms with Crippen molar-refractivity contribution in [1.29, 1.82) is 0 Å². The van der Waals surface area contributed by atoms with Crippen LogP contribution >= 0.6 is 11.6 Å². The zero-order valence-electron chi connectivity index (χ0n) is 6.05. The first-order chi connectivity index (χ1) is 5.58. The van der Waals surface area contributed by atoms with Gasteiger partial charge in [0.05, 0.1) is 6.42 Å². The zero-order valence-corrected chi connectivity index (χ0v) is 6.81. The molecule has 0 unspecified atom stereocenters. The quantitative estimate of drug-likeness (QED) is 0.748. The normalized spacial score (nSPS) is 9.83. The number of benzene rings is 1. The Morgan fingerprint density at radius 1 is 1.50 bits per heavy atom. The molecule has 0 aliphatic rings. The predicted octanol–water partition coefficient (Wildman–Crippen LogP) is 1.52. The highest BCUT2D eigenvalue weighted by atomic mass is 35.5. The predicted molar refractivity (Wildman–Crippen MR) is 44.0 cm³/mol. The molecule has 0 aliphatic heterocycles. The molecule has 0 fully saturated rings. The van der Waals surface area contributed by atoms with Crippen LogP contribution in [0.25, 0.3) is 0 Å². The van der Waals surface area contributed by atoms with Gasteiger partial charge in [-0.05, 0) is 23.8 Å². The molecule has 2 N–H and O–H groups in total. The van der Waals surface area contributed by atoms with E-state index in [1.807, 2.05) is 0 Å². The van der Waals surface area contributed by atoms with Gasteiger partial charge in [0.15, 0.2) is 0 Å². The second-order valence-electron chi connectivity index (χ2n) is 2.25. The number of carbonyl (C=O) groups excluding carboxylic acids is 1. The van der Waals surface area contributed by atoms with E-state index in [-0.39, 0.29) is 5.02 Å². The average Bonchev–Trinajstić information content (AvgIpc) is 1.81. The molecular formula is C8H6ClFNO. The summed E-state index contributed by atoms with van der Waals surface area (Å²) in [5, 5.41) is 0.238. The molecule has 1 rings (SSSR count). The Bertz CT molecular complexity index is 294. The lowest BCUT2D eigenvalue weighted by Crippen LogP contribution is -2.11. The van der Waals surface area contributed by atoms with E-state index in [0.717, 1.165) is 12.5 Å². The highest BCUT2D eigenvalue weighted by Crippen LogP contribution is 2.14. The second kappa shape index (κ2) is 3.54. The molecule has 1 amide bonds. The van der Waals surface area contributed by atoms with E-state index in [4.69, 9.17) is 17.3 Å². The summed E-state index contributed by atoms with van der Waals surface area (Å²) in [7, 11) is 0. The van der Waals surface area contributed by atoms with Crippen molar-refractivity contribution in [2.45, 2.75) is 0 Å². The third-order valence-corrected chi connectivity index (χ3v) is 1.41. The van der Waals surface area contributed by atoms with Crippen molar-refractivity contribution in [2.24, 2.45) is 5.73 Å². The fourth-order valence-corrected chi connectivity index (χ4v) is 1.05. The standard InChI is InChI=1S/C8H6ClFNO/c9-6-1-5(3-8(11)12)2-7(10)4-6/h1-4H,(H2,11,12). The Morgan fingerprint density at radius 3 is 2.67 bits per heavy atom. The van der Waals surface area contributed by atoms with Crippen molar-refractivity contribution in [1.82, 2.24) is 0 Å². The van der Waals surface area contributed by atoms with Crippen LogP contribution in [0.1, 0.15) is 5.56 Å². The van der Waals surface area contributed by atoms with Gasteiger partial charge in [0.2, 0.25) is 5.91 Å². The molecule has 0 atom stereocenters. The molecule has 12 heavy (non-hydrogen) atoms. The van der Waals surface area contributed by atoms with Gasteiger partial charge >= 0.3 is 0 Å². The number of carbonyl (C=O) groups is 1. The molecule has 0 aromatic heterocycles. The summed E-state index contributed by atoms with van der Waals surface area (Å²) in [5.74, 6) is -1.12. The van der Waals surface area contributed by atoms with Crippen molar-refractivity contribution < 1.29 is 9.18 Å². The van der Waals surface area contributed by atoms with E-state index >= 15 is 0 Å². The lowest BCUT2D eigenvalue weighted by molar-refractivity contribution is -0.114. The van der Waals surface area contributed by atoms with Gasteiger partial charge in [-0.15, -0.1) is 0 Å². The third-order valence-electron chi connectivity index (χ3n) is 1.19. The van der Waals surface area contributed by atoms with E-state index in [9.17, 15) is 9.18 Å². The van der Waals surface area contributed by atoms with Gasteiger partial charge < -0.3 is 5.73 Å². The van der Waals surface area contributed by atoms with Gasteiger partial charge in [0.25, 0.3) is 0 Å². The Morgan fingerprint density at radius 2 is 2.17 bits per heavy atom. The number of amides is 1. The third kappa shape index (κ3) is 2.51. The minimum Gasteiger partial charge on any atom is -0.369 e. The summed E-state index contributed by atoms with van der Waals surface area (Å²) in [6.45, 7) is 0. The van der Waals surface area contributed by atoms with Gasteiger partial charge in [0.1, 0.15) is 5.82 Å². The minimum atomic E-state index is -0.628. The molecule has 63 valence electrons. The molecule has 1 aromatic rings. The Labute approximate surface area is 74.1 Å². The SMILES string of the molecule is NC(=O)[CH]c1cc(F)cc(Cl)c1. The molecule has 1 aromatic carbocycles. The molecule has 1 radical (unpaired) electrons. The van der Waals surface area contributed by atoms with Gasteiger partial charge in [-0.1, -0.05) is 11.6 Å². The fraction of sp³-hybridized carbons (Fsp3) is 0. The van der Waals surface area contributed by atoms with Crippen molar-refractivity contribution in [3.8, 4) is 0 Å². The van der Waals surface area contributed by atoms with Gasteiger partial charge in [-0.25, -0.2) is 4.39 Å². The number of hydrogen-bond acceptors (Lipinski definition) is 1. The van der Waals surface area contributed by atoms with E-state index in [1.54, 1.807) is 0 Å². The van der Waals surface area contributed by atoms with E-state index < -0.39 is 11.7 Å². The van der Waals surface area contributed by atoms with Crippen LogP contribution in [0.4, 0.5) is 4.39 Å². The number of halogens is 2. The zero-order chi connectivity index (χ0) is 9.14. The molecule has 0 spiro atoms. The second-order valence-corrected chi connectivity index (χ2v) is 2.69. The first kappa shape index (κ1) is 9.00. The maximum absolute atomic E-state index is 12.6. The molecule has 2 nitrogen and oxygen atoms in total. The summed E-state index contributed by atoms with van der Waals surface area (Å²) in [5.41, 5.74) is 5.23. The largest absolute Gasteiger partial charge is 0.369 e. The first-order valence-corrected chi connectivity index (χ1v) is 3.56. The van der Waals surface area contributed by atoms with Gasteiger partial charge in [-0.3, -0.25) is 4.79 Å². The van der Waals surface area contributed by atoms with Crippen LogP contribution in [0.2, 0.25) is 5.02 Å². The first-order valence-electron chi connectivity index (χ1n) is 3.18. The highest BCUT2D eigenvalue weighted by Gasteiger charge is 2.02. The molecule has 4 heteroatoms. The van der Waals surface area contributed by atoms with Crippen LogP contribution in [0.5, 0.6) is 0 Å². The van der Waals surface area contributed by atoms with Crippen LogP contribution in [-0.2, 0) is 4.79 Å². The van der Waals surface area contributed by atoms with Crippen molar-refractivity contribution in [2.75, 3.05) is 0 Å². The number of nitrogens with two attached hydrogens (primary N) is 1. The maximum Gasteiger partial charge on any atom is 0.226 e. The number of primary amides is 1. The molecule has 0 bridgehead atoms. The Balaban J connectivity index is 2.93. The smallest absolute Gasteiger partial charge is 0.226 e. The van der Waals surface area contributed by atoms with E-state index in [0.29, 0.717) is 5.56 Å². The van der Waals surface area contributed by atoms with Gasteiger partial charge in [-0.2, -0.15) is 0 Å². The number of rotatable bonds is 2. The van der Waals surface area contributed by atoms with Crippen LogP contribution in [0.15, 0.2) is 18.2 Å².